The van der Waals surface area contributed by atoms with Gasteiger partial charge in [0, 0.05) is 18.4 Å². The van der Waals surface area contributed by atoms with Gasteiger partial charge in [0.15, 0.2) is 9.84 Å². The fourth-order valence-electron chi connectivity index (χ4n) is 2.55. The van der Waals surface area contributed by atoms with Crippen molar-refractivity contribution >= 4 is 21.2 Å². The standard InChI is InChI=1S/C15H18N2O2S2/c1-21(18,19)13-4-2-11(3-5-13)14-10-17-15(20-14)12-6-8-16-9-7-12/h2-5,10,12,16H,6-9H2,1H3. The van der Waals surface area contributed by atoms with Crippen LogP contribution in [0.2, 0.25) is 0 Å². The summed E-state index contributed by atoms with van der Waals surface area (Å²) in [6.07, 6.45) is 5.40. The van der Waals surface area contributed by atoms with Crippen LogP contribution in [0.4, 0.5) is 0 Å². The first-order valence-electron chi connectivity index (χ1n) is 7.01. The molecule has 4 nitrogen and oxygen atoms in total. The molecule has 1 aromatic heterocycles. The van der Waals surface area contributed by atoms with E-state index in [9.17, 15) is 8.42 Å². The van der Waals surface area contributed by atoms with Gasteiger partial charge in [-0.2, -0.15) is 0 Å². The molecule has 0 spiro atoms. The zero-order chi connectivity index (χ0) is 14.9. The molecule has 2 aromatic rings. The molecular weight excluding hydrogens is 304 g/mol. The summed E-state index contributed by atoms with van der Waals surface area (Å²) in [7, 11) is -3.13. The summed E-state index contributed by atoms with van der Waals surface area (Å²) < 4.78 is 23.0. The lowest BCUT2D eigenvalue weighted by Gasteiger charge is -2.20. The van der Waals surface area contributed by atoms with Gasteiger partial charge in [-0.3, -0.25) is 0 Å². The van der Waals surface area contributed by atoms with Gasteiger partial charge < -0.3 is 5.32 Å². The largest absolute Gasteiger partial charge is 0.317 e. The molecule has 0 unspecified atom stereocenters. The third-order valence-corrected chi connectivity index (χ3v) is 6.12. The summed E-state index contributed by atoms with van der Waals surface area (Å²) >= 11 is 1.72. The van der Waals surface area contributed by atoms with Crippen LogP contribution >= 0.6 is 11.3 Å². The summed E-state index contributed by atoms with van der Waals surface area (Å²) in [6, 6.07) is 7.04. The van der Waals surface area contributed by atoms with Crippen molar-refractivity contribution in [1.29, 1.82) is 0 Å². The average molecular weight is 322 g/mol. The molecule has 1 aromatic carbocycles. The molecule has 1 saturated heterocycles. The molecule has 3 rings (SSSR count). The molecule has 0 amide bonds. The Kier molecular flexibility index (Phi) is 4.10. The molecule has 2 heterocycles. The highest BCUT2D eigenvalue weighted by molar-refractivity contribution is 7.90. The lowest BCUT2D eigenvalue weighted by atomic mass is 9.99. The van der Waals surface area contributed by atoms with Gasteiger partial charge in [-0.15, -0.1) is 11.3 Å². The van der Waals surface area contributed by atoms with Crippen LogP contribution in [0.25, 0.3) is 10.4 Å². The van der Waals surface area contributed by atoms with Crippen molar-refractivity contribution in [1.82, 2.24) is 10.3 Å². The smallest absolute Gasteiger partial charge is 0.175 e. The number of hydrogen-bond acceptors (Lipinski definition) is 5. The molecule has 1 aliphatic rings. The maximum atomic E-state index is 11.5. The molecule has 0 radical (unpaired) electrons. The summed E-state index contributed by atoms with van der Waals surface area (Å²) in [5, 5.41) is 4.56. The fraction of sp³-hybridized carbons (Fsp3) is 0.400. The lowest BCUT2D eigenvalue weighted by Crippen LogP contribution is -2.26. The minimum Gasteiger partial charge on any atom is -0.317 e. The first kappa shape index (κ1) is 14.7. The van der Waals surface area contributed by atoms with Gasteiger partial charge in [0.05, 0.1) is 14.8 Å². The third kappa shape index (κ3) is 3.33. The second-order valence-electron chi connectivity index (χ2n) is 5.38. The zero-order valence-corrected chi connectivity index (χ0v) is 13.5. The summed E-state index contributed by atoms with van der Waals surface area (Å²) in [5.41, 5.74) is 1.03. The predicted octanol–water partition coefficient (Wildman–Crippen LogP) is 2.68. The van der Waals surface area contributed by atoms with Gasteiger partial charge in [0.2, 0.25) is 0 Å². The Morgan fingerprint density at radius 3 is 2.48 bits per heavy atom. The predicted molar refractivity (Wildman–Crippen MR) is 85.5 cm³/mol. The number of benzene rings is 1. The highest BCUT2D eigenvalue weighted by Gasteiger charge is 2.18. The molecule has 6 heteroatoms. The van der Waals surface area contributed by atoms with Crippen LogP contribution in [0.15, 0.2) is 35.4 Å². The number of piperidine rings is 1. The van der Waals surface area contributed by atoms with E-state index in [1.54, 1.807) is 23.5 Å². The molecule has 0 aliphatic carbocycles. The number of rotatable bonds is 3. The van der Waals surface area contributed by atoms with Gasteiger partial charge in [0.1, 0.15) is 0 Å². The molecular formula is C15H18N2O2S2. The summed E-state index contributed by atoms with van der Waals surface area (Å²) in [4.78, 5) is 6.02. The van der Waals surface area contributed by atoms with Crippen molar-refractivity contribution in [3.05, 3.63) is 35.5 Å². The van der Waals surface area contributed by atoms with Crippen molar-refractivity contribution in [3.63, 3.8) is 0 Å². The Balaban J connectivity index is 1.82. The van der Waals surface area contributed by atoms with E-state index in [1.807, 2.05) is 18.3 Å². The zero-order valence-electron chi connectivity index (χ0n) is 11.9. The van der Waals surface area contributed by atoms with E-state index >= 15 is 0 Å². The maximum Gasteiger partial charge on any atom is 0.175 e. The molecule has 0 bridgehead atoms. The van der Waals surface area contributed by atoms with Crippen molar-refractivity contribution in [2.45, 2.75) is 23.7 Å². The molecule has 1 N–H and O–H groups in total. The topological polar surface area (TPSA) is 59.1 Å². The first-order chi connectivity index (χ1) is 10.0. The van der Waals surface area contributed by atoms with E-state index in [0.29, 0.717) is 10.8 Å². The Labute approximate surface area is 129 Å². The monoisotopic (exact) mass is 322 g/mol. The second kappa shape index (κ2) is 5.87. The van der Waals surface area contributed by atoms with Gasteiger partial charge in [-0.25, -0.2) is 13.4 Å². The minimum atomic E-state index is -3.13. The van der Waals surface area contributed by atoms with Crippen LogP contribution < -0.4 is 5.32 Å². The van der Waals surface area contributed by atoms with E-state index in [-0.39, 0.29) is 0 Å². The van der Waals surface area contributed by atoms with Crippen LogP contribution in [0, 0.1) is 0 Å². The molecule has 1 fully saturated rings. The highest BCUT2D eigenvalue weighted by Crippen LogP contribution is 2.33. The molecule has 0 atom stereocenters. The van der Waals surface area contributed by atoms with Crippen molar-refractivity contribution in [3.8, 4) is 10.4 Å². The quantitative estimate of drug-likeness (QED) is 0.944. The van der Waals surface area contributed by atoms with Crippen LogP contribution in [0.3, 0.4) is 0 Å². The maximum absolute atomic E-state index is 11.5. The number of nitrogens with zero attached hydrogens (tertiary/aromatic N) is 1. The van der Waals surface area contributed by atoms with E-state index < -0.39 is 9.84 Å². The van der Waals surface area contributed by atoms with Crippen LogP contribution in [0.5, 0.6) is 0 Å². The van der Waals surface area contributed by atoms with Crippen molar-refractivity contribution in [2.75, 3.05) is 19.3 Å². The Bertz CT molecular complexity index is 714. The van der Waals surface area contributed by atoms with E-state index in [1.165, 1.54) is 11.3 Å². The average Bonchev–Trinajstić information content (AvgIpc) is 2.97. The normalized spacial score (nSPS) is 17.0. The number of aromatic nitrogens is 1. The highest BCUT2D eigenvalue weighted by atomic mass is 32.2. The van der Waals surface area contributed by atoms with Gasteiger partial charge in [-0.05, 0) is 43.6 Å². The fourth-order valence-corrected chi connectivity index (χ4v) is 4.27. The second-order valence-corrected chi connectivity index (χ2v) is 8.46. The van der Waals surface area contributed by atoms with Crippen LogP contribution in [-0.4, -0.2) is 32.7 Å². The van der Waals surface area contributed by atoms with E-state index in [0.717, 1.165) is 36.4 Å². The van der Waals surface area contributed by atoms with Gasteiger partial charge in [-0.1, -0.05) is 12.1 Å². The van der Waals surface area contributed by atoms with Crippen molar-refractivity contribution < 1.29 is 8.42 Å². The Hall–Kier alpha value is -1.24. The SMILES string of the molecule is CS(=O)(=O)c1ccc(-c2cnc(C3CCNCC3)s2)cc1. The van der Waals surface area contributed by atoms with E-state index in [4.69, 9.17) is 0 Å². The minimum absolute atomic E-state index is 0.356. The van der Waals surface area contributed by atoms with Crippen molar-refractivity contribution in [2.24, 2.45) is 0 Å². The Morgan fingerprint density at radius 2 is 1.86 bits per heavy atom. The molecule has 1 aliphatic heterocycles. The summed E-state index contributed by atoms with van der Waals surface area (Å²) in [6.45, 7) is 2.12. The molecule has 21 heavy (non-hydrogen) atoms. The summed E-state index contributed by atoms with van der Waals surface area (Å²) in [5.74, 6) is 0.556. The molecule has 0 saturated carbocycles. The number of thiazole rings is 1. The first-order valence-corrected chi connectivity index (χ1v) is 9.72. The van der Waals surface area contributed by atoms with Gasteiger partial charge in [0.25, 0.3) is 0 Å². The van der Waals surface area contributed by atoms with Gasteiger partial charge >= 0.3 is 0 Å². The molecule has 112 valence electrons. The van der Waals surface area contributed by atoms with Crippen LogP contribution in [-0.2, 0) is 9.84 Å². The number of hydrogen-bond donors (Lipinski definition) is 1. The number of sulfone groups is 1. The lowest BCUT2D eigenvalue weighted by molar-refractivity contribution is 0.459. The van der Waals surface area contributed by atoms with Crippen LogP contribution in [0.1, 0.15) is 23.8 Å². The Morgan fingerprint density at radius 1 is 1.19 bits per heavy atom. The van der Waals surface area contributed by atoms with E-state index in [2.05, 4.69) is 10.3 Å². The number of nitrogens with one attached hydrogen (secondary N) is 1. The third-order valence-electron chi connectivity index (χ3n) is 3.78.